The molecule has 9 heteroatoms. The molecule has 2 aliphatic heterocycles. The maximum atomic E-state index is 12.5. The fourth-order valence-electron chi connectivity index (χ4n) is 4.52. The fraction of sp³-hybridized carbons (Fsp3) is 0.440. The Kier molecular flexibility index (Phi) is 6.44. The Morgan fingerprint density at radius 3 is 2.12 bits per heavy atom. The molecule has 2 saturated heterocycles. The van der Waals surface area contributed by atoms with Crippen molar-refractivity contribution in [1.82, 2.24) is 24.4 Å². The third-order valence-electron chi connectivity index (χ3n) is 6.74. The highest BCUT2D eigenvalue weighted by atomic mass is 16.5. The molecule has 0 amide bonds. The molecule has 2 aliphatic rings. The Bertz CT molecular complexity index is 1150. The Hall–Kier alpha value is -3.46. The van der Waals surface area contributed by atoms with Gasteiger partial charge in [0.2, 0.25) is 0 Å². The lowest BCUT2D eigenvalue weighted by Crippen LogP contribution is -2.44. The predicted octanol–water partition coefficient (Wildman–Crippen LogP) is 2.04. The molecule has 0 N–H and O–H groups in total. The third-order valence-corrected chi connectivity index (χ3v) is 6.74. The van der Waals surface area contributed by atoms with E-state index in [4.69, 9.17) is 4.74 Å². The van der Waals surface area contributed by atoms with Crippen LogP contribution in [0.1, 0.15) is 12.8 Å². The van der Waals surface area contributed by atoms with Gasteiger partial charge in [-0.3, -0.25) is 9.36 Å². The summed E-state index contributed by atoms with van der Waals surface area (Å²) < 4.78 is 7.64. The van der Waals surface area contributed by atoms with Crippen molar-refractivity contribution in [3.8, 4) is 17.4 Å². The fourth-order valence-corrected chi connectivity index (χ4v) is 4.52. The lowest BCUT2D eigenvalue weighted by Gasteiger charge is -2.35. The van der Waals surface area contributed by atoms with Gasteiger partial charge in [0.25, 0.3) is 11.6 Å². The van der Waals surface area contributed by atoms with Crippen LogP contribution in [-0.2, 0) is 7.05 Å². The maximum absolute atomic E-state index is 12.5. The monoisotopic (exact) mass is 461 g/mol. The number of likely N-dealkylation sites (N-methyl/N-ethyl adjacent to an activating group) is 1. The Balaban J connectivity index is 1.21. The molecule has 4 heterocycles. The number of rotatable bonds is 5. The minimum atomic E-state index is -0.170. The van der Waals surface area contributed by atoms with Gasteiger partial charge in [-0.2, -0.15) is 4.98 Å². The van der Waals surface area contributed by atoms with Crippen LogP contribution in [0.4, 0.5) is 11.4 Å². The highest BCUT2D eigenvalue weighted by molar-refractivity contribution is 5.57. The number of piperazine rings is 1. The van der Waals surface area contributed by atoms with E-state index in [1.807, 2.05) is 0 Å². The third kappa shape index (κ3) is 4.89. The van der Waals surface area contributed by atoms with Crippen molar-refractivity contribution in [2.45, 2.75) is 18.9 Å². The van der Waals surface area contributed by atoms with E-state index in [0.717, 1.165) is 52.1 Å². The largest absolute Gasteiger partial charge is 0.461 e. The Labute approximate surface area is 199 Å². The topological polar surface area (TPSA) is 79.6 Å². The average molecular weight is 462 g/mol. The van der Waals surface area contributed by atoms with Crippen LogP contribution in [0.2, 0.25) is 0 Å². The summed E-state index contributed by atoms with van der Waals surface area (Å²) in [5.74, 6) is 0. The first-order chi connectivity index (χ1) is 16.6. The van der Waals surface area contributed by atoms with Gasteiger partial charge in [-0.1, -0.05) is 0 Å². The molecule has 34 heavy (non-hydrogen) atoms. The number of anilines is 2. The van der Waals surface area contributed by atoms with Gasteiger partial charge < -0.3 is 19.4 Å². The molecule has 2 aromatic heterocycles. The highest BCUT2D eigenvalue weighted by Crippen LogP contribution is 2.26. The predicted molar refractivity (Wildman–Crippen MR) is 133 cm³/mol. The molecule has 0 saturated carbocycles. The minimum absolute atomic E-state index is 0.0135. The molecule has 178 valence electrons. The van der Waals surface area contributed by atoms with Gasteiger partial charge >= 0.3 is 0 Å². The zero-order chi connectivity index (χ0) is 23.5. The summed E-state index contributed by atoms with van der Waals surface area (Å²) in [5, 5.41) is 0. The van der Waals surface area contributed by atoms with Crippen LogP contribution in [0.3, 0.4) is 0 Å². The Morgan fingerprint density at radius 2 is 1.50 bits per heavy atom. The number of benzene rings is 1. The summed E-state index contributed by atoms with van der Waals surface area (Å²) >= 11 is 0. The van der Waals surface area contributed by atoms with E-state index in [-0.39, 0.29) is 11.7 Å². The molecule has 2 fully saturated rings. The van der Waals surface area contributed by atoms with Crippen LogP contribution in [0.5, 0.6) is 6.01 Å². The second-order valence-electron chi connectivity index (χ2n) is 9.03. The van der Waals surface area contributed by atoms with Crippen molar-refractivity contribution in [2.24, 2.45) is 7.05 Å². The number of aromatic nitrogens is 4. The summed E-state index contributed by atoms with van der Waals surface area (Å²) in [4.78, 5) is 32.4. The maximum Gasteiger partial charge on any atom is 0.299 e. The van der Waals surface area contributed by atoms with Crippen molar-refractivity contribution in [2.75, 3.05) is 56.1 Å². The molecule has 0 radical (unpaired) electrons. The quantitative estimate of drug-likeness (QED) is 0.571. The van der Waals surface area contributed by atoms with Crippen LogP contribution in [0.25, 0.3) is 11.4 Å². The highest BCUT2D eigenvalue weighted by Gasteiger charge is 2.23. The molecule has 0 bridgehead atoms. The van der Waals surface area contributed by atoms with Crippen LogP contribution >= 0.6 is 0 Å². The zero-order valence-electron chi connectivity index (χ0n) is 19.8. The molecule has 0 atom stereocenters. The molecule has 9 nitrogen and oxygen atoms in total. The number of nitrogens with zero attached hydrogens (tertiary/aromatic N) is 7. The van der Waals surface area contributed by atoms with E-state index in [1.54, 1.807) is 19.3 Å². The number of hydrogen-bond donors (Lipinski definition) is 0. The Morgan fingerprint density at radius 1 is 0.853 bits per heavy atom. The summed E-state index contributed by atoms with van der Waals surface area (Å²) in [6, 6.07) is 12.5. The number of ether oxygens (including phenoxy) is 1. The smallest absolute Gasteiger partial charge is 0.299 e. The van der Waals surface area contributed by atoms with E-state index in [9.17, 15) is 4.79 Å². The van der Waals surface area contributed by atoms with Gasteiger partial charge in [0, 0.05) is 82.8 Å². The molecule has 0 aliphatic carbocycles. The van der Waals surface area contributed by atoms with E-state index >= 15 is 0 Å². The summed E-state index contributed by atoms with van der Waals surface area (Å²) in [7, 11) is 3.86. The molecule has 5 rings (SSSR count). The molecule has 0 unspecified atom stereocenters. The standard InChI is InChI=1S/C25H31N7O2/c1-29-13-15-32(16-14-29)20-5-3-19(4-6-20)31-11-8-21(9-12-31)34-25-28-23(17-24(33)30(25)2)22-7-10-26-18-27-22/h3-7,10,17-18,21H,8-9,11-16H2,1-2H3. The van der Waals surface area contributed by atoms with Crippen LogP contribution < -0.4 is 20.1 Å². The van der Waals surface area contributed by atoms with Gasteiger partial charge in [-0.15, -0.1) is 0 Å². The molecule has 1 aromatic carbocycles. The normalized spacial score (nSPS) is 17.7. The van der Waals surface area contributed by atoms with Gasteiger partial charge in [-0.05, 0) is 37.4 Å². The van der Waals surface area contributed by atoms with Gasteiger partial charge in [0.1, 0.15) is 12.4 Å². The van der Waals surface area contributed by atoms with Crippen molar-refractivity contribution >= 4 is 11.4 Å². The molecule has 3 aromatic rings. The number of hydrogen-bond acceptors (Lipinski definition) is 8. The average Bonchev–Trinajstić information content (AvgIpc) is 2.88. The lowest BCUT2D eigenvalue weighted by atomic mass is 10.1. The molecule has 0 spiro atoms. The van der Waals surface area contributed by atoms with E-state index < -0.39 is 0 Å². The molecular weight excluding hydrogens is 430 g/mol. The summed E-state index contributed by atoms with van der Waals surface area (Å²) in [6.45, 7) is 6.17. The molecular formula is C25H31N7O2. The number of piperidine rings is 1. The van der Waals surface area contributed by atoms with Gasteiger partial charge in [0.05, 0.1) is 11.4 Å². The van der Waals surface area contributed by atoms with Crippen LogP contribution in [0, 0.1) is 0 Å². The lowest BCUT2D eigenvalue weighted by molar-refractivity contribution is 0.149. The van der Waals surface area contributed by atoms with Crippen LogP contribution in [0.15, 0.2) is 53.7 Å². The van der Waals surface area contributed by atoms with Gasteiger partial charge in [0.15, 0.2) is 0 Å². The van der Waals surface area contributed by atoms with Crippen LogP contribution in [-0.4, -0.2) is 76.8 Å². The van der Waals surface area contributed by atoms with Crippen molar-refractivity contribution < 1.29 is 4.74 Å². The minimum Gasteiger partial charge on any atom is -0.461 e. The van der Waals surface area contributed by atoms with Crippen molar-refractivity contribution in [3.63, 3.8) is 0 Å². The summed E-state index contributed by atoms with van der Waals surface area (Å²) in [6.07, 6.45) is 4.83. The van der Waals surface area contributed by atoms with Gasteiger partial charge in [-0.25, -0.2) is 9.97 Å². The second kappa shape index (κ2) is 9.80. The zero-order valence-corrected chi connectivity index (χ0v) is 19.8. The summed E-state index contributed by atoms with van der Waals surface area (Å²) in [5.41, 5.74) is 3.47. The second-order valence-corrected chi connectivity index (χ2v) is 9.03. The first-order valence-corrected chi connectivity index (χ1v) is 11.9. The van der Waals surface area contributed by atoms with Crippen molar-refractivity contribution in [3.05, 3.63) is 59.3 Å². The van der Waals surface area contributed by atoms with Crippen molar-refractivity contribution in [1.29, 1.82) is 0 Å². The van der Waals surface area contributed by atoms with E-state index in [0.29, 0.717) is 17.4 Å². The first-order valence-electron chi connectivity index (χ1n) is 11.9. The van der Waals surface area contributed by atoms with E-state index in [1.165, 1.54) is 28.3 Å². The van der Waals surface area contributed by atoms with E-state index in [2.05, 4.69) is 61.0 Å². The first kappa shape index (κ1) is 22.3. The SMILES string of the molecule is CN1CCN(c2ccc(N3CCC(Oc4nc(-c5ccncn5)cc(=O)n4C)CC3)cc2)CC1.